The summed E-state index contributed by atoms with van der Waals surface area (Å²) in [5.41, 5.74) is 6.44. The van der Waals surface area contributed by atoms with Crippen molar-refractivity contribution in [1.82, 2.24) is 5.16 Å². The summed E-state index contributed by atoms with van der Waals surface area (Å²) in [6, 6.07) is 5.45. The van der Waals surface area contributed by atoms with Gasteiger partial charge in [-0.1, -0.05) is 5.16 Å². The number of aromatic nitrogens is 1. The van der Waals surface area contributed by atoms with Crippen LogP contribution in [-0.4, -0.2) is 19.4 Å². The lowest BCUT2D eigenvalue weighted by Gasteiger charge is -2.08. The van der Waals surface area contributed by atoms with Crippen LogP contribution < -0.4 is 15.2 Å². The van der Waals surface area contributed by atoms with Crippen molar-refractivity contribution in [2.24, 2.45) is 0 Å². The van der Waals surface area contributed by atoms with E-state index in [0.717, 1.165) is 9.13 Å². The van der Waals surface area contributed by atoms with Crippen LogP contribution in [0.25, 0.3) is 11.3 Å². The molecule has 0 amide bonds. The zero-order valence-corrected chi connectivity index (χ0v) is 11.5. The van der Waals surface area contributed by atoms with Gasteiger partial charge in [0.25, 0.3) is 0 Å². The summed E-state index contributed by atoms with van der Waals surface area (Å²) < 4.78 is 16.4. The second-order valence-corrected chi connectivity index (χ2v) is 4.36. The number of anilines is 1. The molecule has 5 nitrogen and oxygen atoms in total. The number of nitrogens with two attached hydrogens (primary N) is 1. The molecule has 2 N–H and O–H groups in total. The first-order valence-electron chi connectivity index (χ1n) is 4.80. The Morgan fingerprint density at radius 1 is 1.29 bits per heavy atom. The maximum absolute atomic E-state index is 5.65. The molecule has 1 aromatic carbocycles. The molecule has 0 saturated carbocycles. The number of hydrogen-bond donors (Lipinski definition) is 1. The zero-order valence-electron chi connectivity index (χ0n) is 9.36. The van der Waals surface area contributed by atoms with Gasteiger partial charge in [-0.2, -0.15) is 0 Å². The first-order chi connectivity index (χ1) is 8.17. The molecule has 2 aromatic rings. The molecule has 0 spiro atoms. The van der Waals surface area contributed by atoms with Gasteiger partial charge in [-0.05, 0) is 34.7 Å². The van der Waals surface area contributed by atoms with Crippen molar-refractivity contribution in [2.45, 2.75) is 0 Å². The molecule has 0 unspecified atom stereocenters. The van der Waals surface area contributed by atoms with Crippen molar-refractivity contribution in [3.05, 3.63) is 21.8 Å². The molecule has 0 aliphatic carbocycles. The Kier molecular flexibility index (Phi) is 3.41. The molecule has 1 aromatic heterocycles. The molecule has 0 fully saturated rings. The molecule has 17 heavy (non-hydrogen) atoms. The Morgan fingerprint density at radius 2 is 2.06 bits per heavy atom. The molecule has 2 rings (SSSR count). The van der Waals surface area contributed by atoms with Gasteiger partial charge < -0.3 is 19.7 Å². The van der Waals surface area contributed by atoms with Crippen LogP contribution in [0, 0.1) is 3.57 Å². The van der Waals surface area contributed by atoms with E-state index < -0.39 is 0 Å². The van der Waals surface area contributed by atoms with Gasteiger partial charge >= 0.3 is 0 Å². The van der Waals surface area contributed by atoms with E-state index in [0.29, 0.717) is 23.1 Å². The molecule has 0 radical (unpaired) electrons. The van der Waals surface area contributed by atoms with Gasteiger partial charge in [-0.25, -0.2) is 0 Å². The maximum atomic E-state index is 5.65. The Balaban J connectivity index is 2.55. The van der Waals surface area contributed by atoms with Crippen molar-refractivity contribution >= 4 is 28.4 Å². The SMILES string of the molecule is COc1ccc(-c2onc(N)c2I)c(OC)c1. The van der Waals surface area contributed by atoms with Crippen molar-refractivity contribution in [2.75, 3.05) is 20.0 Å². The predicted octanol–water partition coefficient (Wildman–Crippen LogP) is 2.55. The highest BCUT2D eigenvalue weighted by Gasteiger charge is 2.17. The number of rotatable bonds is 3. The summed E-state index contributed by atoms with van der Waals surface area (Å²) in [5, 5.41) is 3.72. The van der Waals surface area contributed by atoms with E-state index in [1.807, 2.05) is 12.1 Å². The fourth-order valence-electron chi connectivity index (χ4n) is 1.44. The second kappa shape index (κ2) is 4.82. The maximum Gasteiger partial charge on any atom is 0.186 e. The van der Waals surface area contributed by atoms with E-state index in [1.165, 1.54) is 0 Å². The van der Waals surface area contributed by atoms with Gasteiger partial charge in [0, 0.05) is 6.07 Å². The van der Waals surface area contributed by atoms with Crippen LogP contribution in [0.4, 0.5) is 5.82 Å². The first kappa shape index (κ1) is 12.0. The lowest BCUT2D eigenvalue weighted by atomic mass is 10.1. The fraction of sp³-hybridized carbons (Fsp3) is 0.182. The van der Waals surface area contributed by atoms with E-state index in [9.17, 15) is 0 Å². The first-order valence-corrected chi connectivity index (χ1v) is 5.88. The van der Waals surface area contributed by atoms with Gasteiger partial charge in [0.15, 0.2) is 11.6 Å². The molecule has 6 heteroatoms. The lowest BCUT2D eigenvalue weighted by molar-refractivity contribution is 0.391. The molecule has 0 atom stereocenters. The van der Waals surface area contributed by atoms with Crippen LogP contribution in [0.5, 0.6) is 11.5 Å². The molecule has 1 heterocycles. The minimum atomic E-state index is 0.374. The van der Waals surface area contributed by atoms with Crippen LogP contribution in [0.3, 0.4) is 0 Å². The number of nitrogens with zero attached hydrogens (tertiary/aromatic N) is 1. The Hall–Kier alpha value is -1.44. The summed E-state index contributed by atoms with van der Waals surface area (Å²) in [6.45, 7) is 0. The minimum absolute atomic E-state index is 0.374. The highest BCUT2D eigenvalue weighted by molar-refractivity contribution is 14.1. The summed E-state index contributed by atoms with van der Waals surface area (Å²) in [4.78, 5) is 0. The third-order valence-corrected chi connectivity index (χ3v) is 3.36. The van der Waals surface area contributed by atoms with E-state index in [2.05, 4.69) is 27.7 Å². The average molecular weight is 346 g/mol. The number of hydrogen-bond acceptors (Lipinski definition) is 5. The Bertz CT molecular complexity index is 540. The highest BCUT2D eigenvalue weighted by Crippen LogP contribution is 2.37. The quantitative estimate of drug-likeness (QED) is 0.865. The molecule has 90 valence electrons. The third kappa shape index (κ3) is 2.17. The van der Waals surface area contributed by atoms with Crippen molar-refractivity contribution in [3.63, 3.8) is 0 Å². The Labute approximate surface area is 112 Å². The van der Waals surface area contributed by atoms with Crippen molar-refractivity contribution in [3.8, 4) is 22.8 Å². The van der Waals surface area contributed by atoms with Gasteiger partial charge in [-0.15, -0.1) is 0 Å². The van der Waals surface area contributed by atoms with Gasteiger partial charge in [0.1, 0.15) is 15.1 Å². The number of methoxy groups -OCH3 is 2. The standard InChI is InChI=1S/C11H11IN2O3/c1-15-6-3-4-7(8(5-6)16-2)10-9(12)11(13)14-17-10/h3-5H,1-2H3,(H2,13,14). The van der Waals surface area contributed by atoms with Crippen LogP contribution in [0.2, 0.25) is 0 Å². The van der Waals surface area contributed by atoms with Crippen molar-refractivity contribution < 1.29 is 14.0 Å². The van der Waals surface area contributed by atoms with Crippen LogP contribution in [0.15, 0.2) is 22.7 Å². The average Bonchev–Trinajstić information content (AvgIpc) is 2.69. The summed E-state index contributed by atoms with van der Waals surface area (Å²) >= 11 is 2.09. The minimum Gasteiger partial charge on any atom is -0.497 e. The Morgan fingerprint density at radius 3 is 2.59 bits per heavy atom. The molecular formula is C11H11IN2O3. The van der Waals surface area contributed by atoms with Gasteiger partial charge in [0.2, 0.25) is 0 Å². The molecule has 0 aliphatic rings. The van der Waals surface area contributed by atoms with Crippen LogP contribution >= 0.6 is 22.6 Å². The van der Waals surface area contributed by atoms with E-state index in [4.69, 9.17) is 19.7 Å². The fourth-order valence-corrected chi connectivity index (χ4v) is 1.93. The van der Waals surface area contributed by atoms with E-state index in [-0.39, 0.29) is 0 Å². The van der Waals surface area contributed by atoms with Gasteiger partial charge in [0.05, 0.1) is 19.8 Å². The van der Waals surface area contributed by atoms with Crippen LogP contribution in [0.1, 0.15) is 0 Å². The smallest absolute Gasteiger partial charge is 0.186 e. The van der Waals surface area contributed by atoms with Gasteiger partial charge in [-0.3, -0.25) is 0 Å². The number of ether oxygens (including phenoxy) is 2. The van der Waals surface area contributed by atoms with E-state index in [1.54, 1.807) is 20.3 Å². The lowest BCUT2D eigenvalue weighted by Crippen LogP contribution is -1.91. The van der Waals surface area contributed by atoms with Crippen LogP contribution in [-0.2, 0) is 0 Å². The number of benzene rings is 1. The highest BCUT2D eigenvalue weighted by atomic mass is 127. The monoisotopic (exact) mass is 346 g/mol. The second-order valence-electron chi connectivity index (χ2n) is 3.28. The molecule has 0 aliphatic heterocycles. The normalized spacial score (nSPS) is 10.3. The zero-order chi connectivity index (χ0) is 12.4. The van der Waals surface area contributed by atoms with Crippen molar-refractivity contribution in [1.29, 1.82) is 0 Å². The summed E-state index contributed by atoms with van der Waals surface area (Å²) in [5.74, 6) is 2.34. The largest absolute Gasteiger partial charge is 0.497 e. The third-order valence-electron chi connectivity index (χ3n) is 2.31. The number of halogens is 1. The summed E-state index contributed by atoms with van der Waals surface area (Å²) in [7, 11) is 3.19. The molecule has 0 saturated heterocycles. The summed E-state index contributed by atoms with van der Waals surface area (Å²) in [6.07, 6.45) is 0. The van der Waals surface area contributed by atoms with E-state index >= 15 is 0 Å². The molecular weight excluding hydrogens is 335 g/mol. The topological polar surface area (TPSA) is 70.5 Å². The molecule has 0 bridgehead atoms. The number of nitrogen functional groups attached to an aromatic ring is 1. The predicted molar refractivity (Wildman–Crippen MR) is 72.2 cm³/mol.